The van der Waals surface area contributed by atoms with Crippen molar-refractivity contribution in [1.82, 2.24) is 5.32 Å². The molecule has 0 aromatic heterocycles. The van der Waals surface area contributed by atoms with E-state index in [0.717, 1.165) is 12.0 Å². The smallest absolute Gasteiger partial charge is 0.230 e. The number of carbonyl (C=O) groups excluding carboxylic acids is 2. The maximum absolute atomic E-state index is 13.0. The molecular formula is C15H20FNO2. The Morgan fingerprint density at radius 3 is 2.68 bits per heavy atom. The van der Waals surface area contributed by atoms with E-state index in [4.69, 9.17) is 0 Å². The summed E-state index contributed by atoms with van der Waals surface area (Å²) in [6.45, 7) is 3.79. The summed E-state index contributed by atoms with van der Waals surface area (Å²) in [7, 11) is 0. The molecule has 0 aliphatic carbocycles. The summed E-state index contributed by atoms with van der Waals surface area (Å²) in [5.41, 5.74) is 0.829. The van der Waals surface area contributed by atoms with E-state index in [2.05, 4.69) is 5.32 Å². The van der Waals surface area contributed by atoms with Crippen LogP contribution in [-0.2, 0) is 16.0 Å². The monoisotopic (exact) mass is 265 g/mol. The second-order valence-corrected chi connectivity index (χ2v) is 4.62. The van der Waals surface area contributed by atoms with Gasteiger partial charge in [0.1, 0.15) is 11.6 Å². The number of benzene rings is 1. The fourth-order valence-corrected chi connectivity index (χ4v) is 1.95. The molecule has 0 radical (unpaired) electrons. The van der Waals surface area contributed by atoms with Crippen LogP contribution in [0.25, 0.3) is 0 Å². The maximum Gasteiger partial charge on any atom is 0.230 e. The number of hydrogen-bond donors (Lipinski definition) is 1. The van der Waals surface area contributed by atoms with Crippen molar-refractivity contribution in [2.75, 3.05) is 6.54 Å². The number of amides is 1. The number of rotatable bonds is 7. The van der Waals surface area contributed by atoms with Gasteiger partial charge < -0.3 is 5.32 Å². The normalized spacial score (nSPS) is 11.9. The number of hydrogen-bond acceptors (Lipinski definition) is 2. The molecule has 0 aliphatic rings. The van der Waals surface area contributed by atoms with Crippen LogP contribution in [0.2, 0.25) is 0 Å². The van der Waals surface area contributed by atoms with E-state index in [9.17, 15) is 14.0 Å². The van der Waals surface area contributed by atoms with Crippen LogP contribution in [0.4, 0.5) is 4.39 Å². The minimum absolute atomic E-state index is 0.106. The van der Waals surface area contributed by atoms with E-state index < -0.39 is 5.92 Å². The lowest BCUT2D eigenvalue weighted by Gasteiger charge is -2.13. The van der Waals surface area contributed by atoms with Crippen LogP contribution in [0.15, 0.2) is 24.3 Å². The molecule has 0 bridgehead atoms. The van der Waals surface area contributed by atoms with Gasteiger partial charge in [0.25, 0.3) is 0 Å². The summed E-state index contributed by atoms with van der Waals surface area (Å²) in [4.78, 5) is 23.2. The van der Waals surface area contributed by atoms with E-state index >= 15 is 0 Å². The zero-order valence-electron chi connectivity index (χ0n) is 11.4. The first-order valence-corrected chi connectivity index (χ1v) is 6.57. The van der Waals surface area contributed by atoms with Gasteiger partial charge in [0, 0.05) is 6.54 Å². The molecule has 3 nitrogen and oxygen atoms in total. The van der Waals surface area contributed by atoms with E-state index in [1.807, 2.05) is 13.0 Å². The predicted octanol–water partition coefficient (Wildman–Crippen LogP) is 2.49. The third kappa shape index (κ3) is 5.20. The quantitative estimate of drug-likeness (QED) is 0.770. The molecule has 0 fully saturated rings. The zero-order chi connectivity index (χ0) is 14.3. The Morgan fingerprint density at radius 2 is 2.11 bits per heavy atom. The van der Waals surface area contributed by atoms with Crippen molar-refractivity contribution in [3.8, 4) is 0 Å². The van der Waals surface area contributed by atoms with Crippen molar-refractivity contribution in [1.29, 1.82) is 0 Å². The number of carbonyl (C=O) groups is 2. The van der Waals surface area contributed by atoms with Gasteiger partial charge >= 0.3 is 0 Å². The number of ketones is 1. The fraction of sp³-hybridized carbons (Fsp3) is 0.467. The molecule has 0 spiro atoms. The zero-order valence-corrected chi connectivity index (χ0v) is 11.4. The highest BCUT2D eigenvalue weighted by atomic mass is 19.1. The largest absolute Gasteiger partial charge is 0.355 e. The van der Waals surface area contributed by atoms with Crippen LogP contribution in [0.3, 0.4) is 0 Å². The Kier molecular flexibility index (Phi) is 6.19. The lowest BCUT2D eigenvalue weighted by molar-refractivity contribution is -0.133. The van der Waals surface area contributed by atoms with Crippen molar-refractivity contribution in [3.05, 3.63) is 35.6 Å². The molecule has 0 saturated heterocycles. The first-order chi connectivity index (χ1) is 9.04. The Morgan fingerprint density at radius 1 is 1.37 bits per heavy atom. The number of halogens is 1. The van der Waals surface area contributed by atoms with E-state index in [1.54, 1.807) is 6.07 Å². The summed E-state index contributed by atoms with van der Waals surface area (Å²) in [6.07, 6.45) is 1.92. The Bertz CT molecular complexity index is 446. The lowest BCUT2D eigenvalue weighted by Crippen LogP contribution is -2.35. The van der Waals surface area contributed by atoms with Crippen molar-refractivity contribution < 1.29 is 14.0 Å². The van der Waals surface area contributed by atoms with Gasteiger partial charge in [0.05, 0.1) is 5.92 Å². The molecule has 1 unspecified atom stereocenters. The summed E-state index contributed by atoms with van der Waals surface area (Å²) in [5.74, 6) is -1.18. The molecule has 1 aromatic carbocycles. The van der Waals surface area contributed by atoms with Crippen LogP contribution in [0.5, 0.6) is 0 Å². The van der Waals surface area contributed by atoms with Crippen LogP contribution in [0, 0.1) is 11.7 Å². The molecule has 0 aliphatic heterocycles. The Balaban J connectivity index is 2.43. The highest BCUT2D eigenvalue weighted by Gasteiger charge is 2.21. The highest BCUT2D eigenvalue weighted by Crippen LogP contribution is 2.08. The number of nitrogens with one attached hydrogen (secondary N) is 1. The second kappa shape index (κ2) is 7.67. The molecule has 1 amide bonds. The molecule has 1 atom stereocenters. The molecule has 104 valence electrons. The van der Waals surface area contributed by atoms with Crippen LogP contribution in [-0.4, -0.2) is 18.2 Å². The third-order valence-corrected chi connectivity index (χ3v) is 2.99. The second-order valence-electron chi connectivity index (χ2n) is 4.62. The van der Waals surface area contributed by atoms with Gasteiger partial charge in [0.2, 0.25) is 5.91 Å². The topological polar surface area (TPSA) is 46.2 Å². The molecule has 4 heteroatoms. The van der Waals surface area contributed by atoms with Gasteiger partial charge in [-0.25, -0.2) is 4.39 Å². The van der Waals surface area contributed by atoms with E-state index in [1.165, 1.54) is 19.1 Å². The first kappa shape index (κ1) is 15.3. The molecule has 19 heavy (non-hydrogen) atoms. The van der Waals surface area contributed by atoms with Crippen molar-refractivity contribution in [3.63, 3.8) is 0 Å². The predicted molar refractivity (Wildman–Crippen MR) is 72.2 cm³/mol. The van der Waals surface area contributed by atoms with Gasteiger partial charge in [-0.15, -0.1) is 0 Å². The minimum Gasteiger partial charge on any atom is -0.355 e. The molecule has 0 saturated carbocycles. The molecule has 1 aromatic rings. The highest BCUT2D eigenvalue weighted by molar-refractivity contribution is 6.00. The van der Waals surface area contributed by atoms with Gasteiger partial charge in [-0.2, -0.15) is 0 Å². The third-order valence-electron chi connectivity index (χ3n) is 2.99. The van der Waals surface area contributed by atoms with Crippen molar-refractivity contribution in [2.24, 2.45) is 5.92 Å². The first-order valence-electron chi connectivity index (χ1n) is 6.57. The summed E-state index contributed by atoms with van der Waals surface area (Å²) in [5, 5.41) is 2.73. The number of Topliss-reactive ketones (excluding diaryl/α,β-unsaturated/α-hetero) is 1. The minimum atomic E-state index is -0.558. The molecule has 1 N–H and O–H groups in total. The maximum atomic E-state index is 13.0. The standard InChI is InChI=1S/C15H20FNO2/c1-3-5-14(11(2)18)15(19)17-9-8-12-6-4-7-13(16)10-12/h4,6-7,10,14H,3,5,8-9H2,1-2H3,(H,17,19). The summed E-state index contributed by atoms with van der Waals surface area (Å²) < 4.78 is 13.0. The van der Waals surface area contributed by atoms with Gasteiger partial charge in [-0.3, -0.25) is 9.59 Å². The molecular weight excluding hydrogens is 245 g/mol. The van der Waals surface area contributed by atoms with Crippen molar-refractivity contribution >= 4 is 11.7 Å². The SMILES string of the molecule is CCCC(C(C)=O)C(=O)NCCc1cccc(F)c1. The van der Waals surface area contributed by atoms with Crippen LogP contribution in [0.1, 0.15) is 32.3 Å². The van der Waals surface area contributed by atoms with Gasteiger partial charge in [0.15, 0.2) is 0 Å². The van der Waals surface area contributed by atoms with E-state index in [-0.39, 0.29) is 17.5 Å². The van der Waals surface area contributed by atoms with Crippen LogP contribution < -0.4 is 5.32 Å². The van der Waals surface area contributed by atoms with Gasteiger partial charge in [-0.1, -0.05) is 25.5 Å². The molecule has 1 rings (SSSR count). The van der Waals surface area contributed by atoms with Gasteiger partial charge in [-0.05, 0) is 37.5 Å². The average molecular weight is 265 g/mol. The fourth-order valence-electron chi connectivity index (χ4n) is 1.95. The summed E-state index contributed by atoms with van der Waals surface area (Å²) in [6, 6.07) is 6.28. The average Bonchev–Trinajstić information content (AvgIpc) is 2.35. The van der Waals surface area contributed by atoms with Crippen LogP contribution >= 0.6 is 0 Å². The Hall–Kier alpha value is -1.71. The Labute approximate surface area is 113 Å². The van der Waals surface area contributed by atoms with E-state index in [0.29, 0.717) is 19.4 Å². The molecule has 0 heterocycles. The lowest BCUT2D eigenvalue weighted by atomic mass is 9.98. The van der Waals surface area contributed by atoms with Crippen molar-refractivity contribution in [2.45, 2.75) is 33.1 Å². The summed E-state index contributed by atoms with van der Waals surface area (Å²) >= 11 is 0.